The first kappa shape index (κ1) is 23.3. The largest absolute Gasteiger partial charge is 0.490 e. The van der Waals surface area contributed by atoms with Gasteiger partial charge in [-0.15, -0.1) is 5.10 Å². The summed E-state index contributed by atoms with van der Waals surface area (Å²) in [6, 6.07) is 16.5. The van der Waals surface area contributed by atoms with Crippen molar-refractivity contribution in [1.29, 1.82) is 0 Å². The highest BCUT2D eigenvalue weighted by Crippen LogP contribution is 2.30. The van der Waals surface area contributed by atoms with E-state index in [0.29, 0.717) is 46.7 Å². The summed E-state index contributed by atoms with van der Waals surface area (Å²) in [6.45, 7) is 5.15. The van der Waals surface area contributed by atoms with Crippen LogP contribution in [0, 0.1) is 0 Å². The lowest BCUT2D eigenvalue weighted by Gasteiger charge is -2.13. The lowest BCUT2D eigenvalue weighted by Crippen LogP contribution is -2.24. The lowest BCUT2D eigenvalue weighted by atomic mass is 10.1. The van der Waals surface area contributed by atoms with E-state index in [1.807, 2.05) is 56.3 Å². The molecule has 0 aliphatic carbocycles. The van der Waals surface area contributed by atoms with E-state index < -0.39 is 0 Å². The molecule has 4 rings (SSSR count). The van der Waals surface area contributed by atoms with Gasteiger partial charge in [0.2, 0.25) is 0 Å². The summed E-state index contributed by atoms with van der Waals surface area (Å²) in [5.74, 6) is 0.932. The number of rotatable bonds is 9. The molecule has 9 heteroatoms. The van der Waals surface area contributed by atoms with Gasteiger partial charge in [-0.3, -0.25) is 9.78 Å². The van der Waals surface area contributed by atoms with Crippen LogP contribution in [-0.4, -0.2) is 39.1 Å². The third-order valence-electron chi connectivity index (χ3n) is 4.96. The summed E-state index contributed by atoms with van der Waals surface area (Å²) in [5.41, 5.74) is 2.84. The second-order valence-corrected chi connectivity index (χ2v) is 7.63. The first-order valence-electron chi connectivity index (χ1n) is 10.9. The van der Waals surface area contributed by atoms with E-state index in [1.54, 1.807) is 29.2 Å². The predicted octanol–water partition coefficient (Wildman–Crippen LogP) is 4.71. The highest BCUT2D eigenvalue weighted by Gasteiger charge is 2.23. The number of hydrogen-bond donors (Lipinski definition) is 1. The zero-order chi connectivity index (χ0) is 23.9. The summed E-state index contributed by atoms with van der Waals surface area (Å²) in [5, 5.41) is 11.8. The van der Waals surface area contributed by atoms with E-state index in [2.05, 4.69) is 20.6 Å². The van der Waals surface area contributed by atoms with Gasteiger partial charge in [0, 0.05) is 24.5 Å². The Morgan fingerprint density at radius 1 is 1.03 bits per heavy atom. The Hall–Kier alpha value is -3.91. The molecular weight excluding hydrogens is 454 g/mol. The SMILES string of the molecule is CCOc1ccc(CNC(=O)c2nnn(-c3ccccc3Cl)c2-c2cccnc2)cc1OCC. The first-order chi connectivity index (χ1) is 16.6. The molecule has 8 nitrogen and oxygen atoms in total. The molecule has 0 spiro atoms. The average Bonchev–Trinajstić information content (AvgIpc) is 3.30. The van der Waals surface area contributed by atoms with Crippen LogP contribution in [0.2, 0.25) is 5.02 Å². The lowest BCUT2D eigenvalue weighted by molar-refractivity contribution is 0.0946. The minimum Gasteiger partial charge on any atom is -0.490 e. The fraction of sp³-hybridized carbons (Fsp3) is 0.200. The monoisotopic (exact) mass is 477 g/mol. The summed E-state index contributed by atoms with van der Waals surface area (Å²) in [4.78, 5) is 17.4. The molecule has 0 bridgehead atoms. The molecule has 34 heavy (non-hydrogen) atoms. The van der Waals surface area contributed by atoms with Crippen LogP contribution in [0.5, 0.6) is 11.5 Å². The maximum absolute atomic E-state index is 13.2. The minimum atomic E-state index is -0.371. The molecular formula is C25H24ClN5O3. The molecule has 2 heterocycles. The van der Waals surface area contributed by atoms with Crippen LogP contribution in [0.25, 0.3) is 16.9 Å². The summed E-state index contributed by atoms with van der Waals surface area (Å²) in [7, 11) is 0. The minimum absolute atomic E-state index is 0.170. The average molecular weight is 478 g/mol. The van der Waals surface area contributed by atoms with Gasteiger partial charge in [-0.05, 0) is 55.8 Å². The van der Waals surface area contributed by atoms with Crippen molar-refractivity contribution in [2.45, 2.75) is 20.4 Å². The fourth-order valence-electron chi connectivity index (χ4n) is 3.46. The second kappa shape index (κ2) is 10.8. The van der Waals surface area contributed by atoms with Crippen LogP contribution >= 0.6 is 11.6 Å². The smallest absolute Gasteiger partial charge is 0.274 e. The number of carbonyl (C=O) groups excluding carboxylic acids is 1. The predicted molar refractivity (Wildman–Crippen MR) is 130 cm³/mol. The van der Waals surface area contributed by atoms with Crippen molar-refractivity contribution in [3.05, 3.63) is 83.3 Å². The van der Waals surface area contributed by atoms with Gasteiger partial charge in [0.25, 0.3) is 5.91 Å². The van der Waals surface area contributed by atoms with Gasteiger partial charge in [0.1, 0.15) is 5.69 Å². The summed E-state index contributed by atoms with van der Waals surface area (Å²) >= 11 is 6.40. The van der Waals surface area contributed by atoms with E-state index in [4.69, 9.17) is 21.1 Å². The highest BCUT2D eigenvalue weighted by molar-refractivity contribution is 6.32. The zero-order valence-electron chi connectivity index (χ0n) is 18.9. The molecule has 0 atom stereocenters. The normalized spacial score (nSPS) is 10.7. The molecule has 1 N–H and O–H groups in total. The van der Waals surface area contributed by atoms with E-state index in [1.165, 1.54) is 0 Å². The molecule has 0 fully saturated rings. The van der Waals surface area contributed by atoms with E-state index in [-0.39, 0.29) is 18.1 Å². The molecule has 0 saturated heterocycles. The number of para-hydroxylation sites is 1. The number of ether oxygens (including phenoxy) is 2. The number of carbonyl (C=O) groups is 1. The fourth-order valence-corrected chi connectivity index (χ4v) is 3.68. The number of nitrogens with zero attached hydrogens (tertiary/aromatic N) is 4. The third-order valence-corrected chi connectivity index (χ3v) is 5.28. The van der Waals surface area contributed by atoms with Gasteiger partial charge < -0.3 is 14.8 Å². The van der Waals surface area contributed by atoms with Gasteiger partial charge in [-0.25, -0.2) is 4.68 Å². The maximum Gasteiger partial charge on any atom is 0.274 e. The van der Waals surface area contributed by atoms with Crippen molar-refractivity contribution in [1.82, 2.24) is 25.3 Å². The molecule has 0 saturated carbocycles. The number of nitrogens with one attached hydrogen (secondary N) is 1. The highest BCUT2D eigenvalue weighted by atomic mass is 35.5. The molecule has 2 aromatic carbocycles. The van der Waals surface area contributed by atoms with Gasteiger partial charge in [-0.2, -0.15) is 0 Å². The quantitative estimate of drug-likeness (QED) is 0.375. The molecule has 0 aliphatic rings. The Bertz CT molecular complexity index is 1280. The van der Waals surface area contributed by atoms with Crippen LogP contribution in [0.15, 0.2) is 67.0 Å². The Morgan fingerprint density at radius 2 is 1.82 bits per heavy atom. The zero-order valence-corrected chi connectivity index (χ0v) is 19.6. The van der Waals surface area contributed by atoms with Crippen LogP contribution in [0.3, 0.4) is 0 Å². The van der Waals surface area contributed by atoms with Gasteiger partial charge in [-0.1, -0.05) is 35.0 Å². The Labute approximate surface area is 202 Å². The molecule has 2 aromatic heterocycles. The van der Waals surface area contributed by atoms with E-state index in [9.17, 15) is 4.79 Å². The number of halogens is 1. The topological polar surface area (TPSA) is 91.2 Å². The van der Waals surface area contributed by atoms with E-state index in [0.717, 1.165) is 5.56 Å². The van der Waals surface area contributed by atoms with Crippen LogP contribution in [0.4, 0.5) is 0 Å². The van der Waals surface area contributed by atoms with Crippen molar-refractivity contribution >= 4 is 17.5 Å². The third kappa shape index (κ3) is 5.02. The molecule has 0 aliphatic heterocycles. The molecule has 0 radical (unpaired) electrons. The summed E-state index contributed by atoms with van der Waals surface area (Å²) < 4.78 is 12.8. The summed E-state index contributed by atoms with van der Waals surface area (Å²) in [6.07, 6.45) is 3.32. The molecule has 1 amide bonds. The van der Waals surface area contributed by atoms with Gasteiger partial charge >= 0.3 is 0 Å². The molecule has 4 aromatic rings. The second-order valence-electron chi connectivity index (χ2n) is 7.22. The Kier molecular flexibility index (Phi) is 7.39. The Morgan fingerprint density at radius 3 is 2.56 bits per heavy atom. The van der Waals surface area contributed by atoms with Gasteiger partial charge in [0.05, 0.1) is 23.9 Å². The number of aromatic nitrogens is 4. The number of benzene rings is 2. The van der Waals surface area contributed by atoms with Crippen LogP contribution in [-0.2, 0) is 6.54 Å². The number of pyridine rings is 1. The maximum atomic E-state index is 13.2. The standard InChI is InChI=1S/C25H24ClN5O3/c1-3-33-21-12-11-17(14-22(21)34-4-2)15-28-25(32)23-24(18-8-7-13-27-16-18)31(30-29-23)20-10-6-5-9-19(20)26/h5-14,16H,3-4,15H2,1-2H3,(H,28,32). The van der Waals surface area contributed by atoms with Crippen LogP contribution in [0.1, 0.15) is 29.9 Å². The molecule has 174 valence electrons. The first-order valence-corrected chi connectivity index (χ1v) is 11.3. The van der Waals surface area contributed by atoms with Crippen molar-refractivity contribution in [3.63, 3.8) is 0 Å². The number of hydrogen-bond acceptors (Lipinski definition) is 6. The van der Waals surface area contributed by atoms with Crippen LogP contribution < -0.4 is 14.8 Å². The number of amides is 1. The van der Waals surface area contributed by atoms with Crippen molar-refractivity contribution in [3.8, 4) is 28.4 Å². The van der Waals surface area contributed by atoms with Crippen molar-refractivity contribution < 1.29 is 14.3 Å². The van der Waals surface area contributed by atoms with Gasteiger partial charge in [0.15, 0.2) is 17.2 Å². The van der Waals surface area contributed by atoms with Crippen molar-refractivity contribution in [2.24, 2.45) is 0 Å². The molecule has 0 unspecified atom stereocenters. The van der Waals surface area contributed by atoms with Crippen molar-refractivity contribution in [2.75, 3.05) is 13.2 Å². The Balaban J connectivity index is 1.63. The van der Waals surface area contributed by atoms with E-state index >= 15 is 0 Å².